The molecule has 0 unspecified atom stereocenters. The average Bonchev–Trinajstić information content (AvgIpc) is 2.52. The van der Waals surface area contributed by atoms with E-state index < -0.39 is 57.7 Å². The van der Waals surface area contributed by atoms with E-state index in [2.05, 4.69) is 9.72 Å². The maximum absolute atomic E-state index is 13.6. The van der Waals surface area contributed by atoms with Gasteiger partial charge in [0.15, 0.2) is 29.1 Å². The molecule has 1 aromatic heterocycles. The van der Waals surface area contributed by atoms with Crippen molar-refractivity contribution in [3.8, 4) is 11.3 Å². The van der Waals surface area contributed by atoms with Gasteiger partial charge in [0.2, 0.25) is 5.82 Å². The van der Waals surface area contributed by atoms with Crippen LogP contribution in [0.4, 0.5) is 26.3 Å². The molecule has 3 nitrogen and oxygen atoms in total. The third kappa shape index (κ3) is 2.38. The van der Waals surface area contributed by atoms with Gasteiger partial charge in [-0.05, 0) is 6.07 Å². The summed E-state index contributed by atoms with van der Waals surface area (Å²) in [6.07, 6.45) is 0.402. The molecule has 1 heterocycles. The molecule has 22 heavy (non-hydrogen) atoms. The van der Waals surface area contributed by atoms with Crippen LogP contribution in [0.3, 0.4) is 0 Å². The van der Waals surface area contributed by atoms with E-state index >= 15 is 0 Å². The van der Waals surface area contributed by atoms with Crippen molar-refractivity contribution in [2.24, 2.45) is 0 Å². The molecule has 0 aliphatic rings. The smallest absolute Gasteiger partial charge is 0.340 e. The molecule has 2 aromatic rings. The lowest BCUT2D eigenvalue weighted by Gasteiger charge is -2.09. The van der Waals surface area contributed by atoms with Crippen molar-refractivity contribution in [1.29, 1.82) is 0 Å². The van der Waals surface area contributed by atoms with Crippen LogP contribution in [-0.4, -0.2) is 18.1 Å². The fourth-order valence-corrected chi connectivity index (χ4v) is 1.67. The first-order chi connectivity index (χ1) is 10.3. The van der Waals surface area contributed by atoms with Crippen LogP contribution < -0.4 is 0 Å². The van der Waals surface area contributed by atoms with E-state index in [9.17, 15) is 31.1 Å². The van der Waals surface area contributed by atoms with Gasteiger partial charge in [0.05, 0.1) is 30.1 Å². The SMILES string of the molecule is COC(=O)c1cc(-c2c(F)c(F)c(F)c(F)c2F)ncc1F. The molecule has 2 rings (SSSR count). The quantitative estimate of drug-likeness (QED) is 0.368. The number of benzene rings is 1. The number of carbonyl (C=O) groups excluding carboxylic acids is 1. The lowest BCUT2D eigenvalue weighted by molar-refractivity contribution is 0.0595. The Morgan fingerprint density at radius 1 is 0.955 bits per heavy atom. The highest BCUT2D eigenvalue weighted by atomic mass is 19.2. The molecule has 0 amide bonds. The van der Waals surface area contributed by atoms with E-state index in [1.165, 1.54) is 0 Å². The Morgan fingerprint density at radius 3 is 1.95 bits per heavy atom. The molecule has 0 aliphatic heterocycles. The van der Waals surface area contributed by atoms with Crippen LogP contribution >= 0.6 is 0 Å². The number of carbonyl (C=O) groups is 1. The molecular formula is C13H5F6NO2. The van der Waals surface area contributed by atoms with Crippen LogP contribution in [0.15, 0.2) is 12.3 Å². The summed E-state index contributed by atoms with van der Waals surface area (Å²) in [5.41, 5.74) is -2.95. The van der Waals surface area contributed by atoms with Crippen molar-refractivity contribution in [3.63, 3.8) is 0 Å². The molecule has 0 spiro atoms. The number of hydrogen-bond donors (Lipinski definition) is 0. The highest BCUT2D eigenvalue weighted by molar-refractivity contribution is 5.90. The number of nitrogens with zero attached hydrogens (tertiary/aromatic N) is 1. The van der Waals surface area contributed by atoms with Gasteiger partial charge in [-0.3, -0.25) is 4.98 Å². The zero-order valence-electron chi connectivity index (χ0n) is 10.7. The molecular weight excluding hydrogens is 316 g/mol. The predicted octanol–water partition coefficient (Wildman–Crippen LogP) is 3.37. The minimum absolute atomic E-state index is 0.402. The van der Waals surface area contributed by atoms with Crippen molar-refractivity contribution >= 4 is 5.97 Å². The van der Waals surface area contributed by atoms with E-state index in [-0.39, 0.29) is 0 Å². The largest absolute Gasteiger partial charge is 0.465 e. The highest BCUT2D eigenvalue weighted by Gasteiger charge is 2.28. The summed E-state index contributed by atoms with van der Waals surface area (Å²) in [7, 11) is 0.917. The molecule has 116 valence electrons. The second kappa shape index (κ2) is 5.66. The Balaban J connectivity index is 2.76. The van der Waals surface area contributed by atoms with E-state index in [4.69, 9.17) is 0 Å². The number of aromatic nitrogens is 1. The van der Waals surface area contributed by atoms with Gasteiger partial charge in [-0.1, -0.05) is 0 Å². The number of methoxy groups -OCH3 is 1. The second-order valence-corrected chi connectivity index (χ2v) is 3.99. The highest BCUT2D eigenvalue weighted by Crippen LogP contribution is 2.31. The van der Waals surface area contributed by atoms with Gasteiger partial charge in [-0.2, -0.15) is 0 Å². The van der Waals surface area contributed by atoms with E-state index in [1.54, 1.807) is 0 Å². The Kier molecular flexibility index (Phi) is 4.07. The Bertz CT molecular complexity index is 749. The van der Waals surface area contributed by atoms with Crippen molar-refractivity contribution in [3.05, 3.63) is 52.7 Å². The first-order valence-corrected chi connectivity index (χ1v) is 5.55. The zero-order chi connectivity index (χ0) is 16.6. The van der Waals surface area contributed by atoms with Gasteiger partial charge in [0.25, 0.3) is 0 Å². The summed E-state index contributed by atoms with van der Waals surface area (Å²) in [5.74, 6) is -13.4. The summed E-state index contributed by atoms with van der Waals surface area (Å²) in [5, 5.41) is 0. The predicted molar refractivity (Wildman–Crippen MR) is 60.8 cm³/mol. The van der Waals surface area contributed by atoms with Crippen LogP contribution in [0.5, 0.6) is 0 Å². The number of rotatable bonds is 2. The molecule has 0 saturated carbocycles. The maximum atomic E-state index is 13.6. The molecule has 0 aliphatic carbocycles. The number of ether oxygens (including phenoxy) is 1. The normalized spacial score (nSPS) is 10.7. The molecule has 9 heteroatoms. The van der Waals surface area contributed by atoms with Gasteiger partial charge in [0.1, 0.15) is 0 Å². The van der Waals surface area contributed by atoms with Crippen molar-refractivity contribution in [2.45, 2.75) is 0 Å². The minimum atomic E-state index is -2.34. The van der Waals surface area contributed by atoms with Gasteiger partial charge >= 0.3 is 5.97 Å². The summed E-state index contributed by atoms with van der Waals surface area (Å²) in [6.45, 7) is 0. The van der Waals surface area contributed by atoms with Crippen LogP contribution in [0.2, 0.25) is 0 Å². The van der Waals surface area contributed by atoms with Crippen LogP contribution in [0.1, 0.15) is 10.4 Å². The van der Waals surface area contributed by atoms with Crippen molar-refractivity contribution < 1.29 is 35.9 Å². The van der Waals surface area contributed by atoms with E-state index in [1.807, 2.05) is 0 Å². The fourth-order valence-electron chi connectivity index (χ4n) is 1.67. The van der Waals surface area contributed by atoms with E-state index in [0.29, 0.717) is 12.3 Å². The number of hydrogen-bond acceptors (Lipinski definition) is 3. The Morgan fingerprint density at radius 2 is 1.45 bits per heavy atom. The third-order valence-corrected chi connectivity index (χ3v) is 2.73. The molecule has 0 radical (unpaired) electrons. The first kappa shape index (κ1) is 15.8. The molecule has 0 N–H and O–H groups in total. The first-order valence-electron chi connectivity index (χ1n) is 5.55. The third-order valence-electron chi connectivity index (χ3n) is 2.73. The fraction of sp³-hybridized carbons (Fsp3) is 0.0769. The number of halogens is 6. The monoisotopic (exact) mass is 321 g/mol. The second-order valence-electron chi connectivity index (χ2n) is 3.99. The van der Waals surface area contributed by atoms with Crippen LogP contribution in [-0.2, 0) is 4.74 Å². The molecule has 0 saturated heterocycles. The van der Waals surface area contributed by atoms with Crippen molar-refractivity contribution in [2.75, 3.05) is 7.11 Å². The minimum Gasteiger partial charge on any atom is -0.465 e. The average molecular weight is 321 g/mol. The molecule has 1 aromatic carbocycles. The van der Waals surface area contributed by atoms with Crippen LogP contribution in [0, 0.1) is 34.9 Å². The Hall–Kier alpha value is -2.58. The van der Waals surface area contributed by atoms with Gasteiger partial charge < -0.3 is 4.74 Å². The summed E-state index contributed by atoms with van der Waals surface area (Å²) >= 11 is 0. The summed E-state index contributed by atoms with van der Waals surface area (Å²) < 4.78 is 84.1. The lowest BCUT2D eigenvalue weighted by Crippen LogP contribution is -2.08. The van der Waals surface area contributed by atoms with Gasteiger partial charge in [-0.25, -0.2) is 31.1 Å². The molecule has 0 bridgehead atoms. The zero-order valence-corrected chi connectivity index (χ0v) is 10.7. The summed E-state index contributed by atoms with van der Waals surface area (Å²) in [6, 6.07) is 0.527. The summed E-state index contributed by atoms with van der Waals surface area (Å²) in [4.78, 5) is 14.5. The Labute approximate surface area is 119 Å². The maximum Gasteiger partial charge on any atom is 0.340 e. The van der Waals surface area contributed by atoms with Gasteiger partial charge in [-0.15, -0.1) is 0 Å². The number of pyridine rings is 1. The van der Waals surface area contributed by atoms with Crippen molar-refractivity contribution in [1.82, 2.24) is 4.98 Å². The molecule has 0 fully saturated rings. The van der Waals surface area contributed by atoms with Gasteiger partial charge in [0, 0.05) is 0 Å². The van der Waals surface area contributed by atoms with Crippen LogP contribution in [0.25, 0.3) is 11.3 Å². The number of esters is 1. The van der Waals surface area contributed by atoms with E-state index in [0.717, 1.165) is 7.11 Å². The molecule has 0 atom stereocenters. The lowest BCUT2D eigenvalue weighted by atomic mass is 10.1. The topological polar surface area (TPSA) is 39.2 Å². The standard InChI is InChI=1S/C13H5F6NO2/c1-22-13(21)4-2-6(20-3-5(4)14)7-8(15)10(17)12(19)11(18)9(7)16/h2-3H,1H3.